The number of nitrogens with two attached hydrogens (primary N) is 1. The second-order valence-corrected chi connectivity index (χ2v) is 6.54. The lowest BCUT2D eigenvalue weighted by Crippen LogP contribution is -2.62. The zero-order chi connectivity index (χ0) is 17.6. The van der Waals surface area contributed by atoms with Gasteiger partial charge in [0.25, 0.3) is 11.5 Å². The van der Waals surface area contributed by atoms with Crippen LogP contribution in [0.1, 0.15) is 41.7 Å². The highest BCUT2D eigenvalue weighted by Crippen LogP contribution is 2.31. The number of pyridine rings is 1. The molecular formula is C16H19N7O2. The molecule has 5 N–H and O–H groups in total. The number of nitrogens with one attached hydrogen (secondary N) is 3. The van der Waals surface area contributed by atoms with E-state index in [2.05, 4.69) is 26.0 Å². The third kappa shape index (κ3) is 2.57. The average molecular weight is 341 g/mol. The minimum Gasteiger partial charge on any atom is -0.384 e. The molecule has 4 rings (SSSR count). The number of carbonyl (C=O) groups excluding carboxylic acids is 1. The Morgan fingerprint density at radius 1 is 1.24 bits per heavy atom. The quantitative estimate of drug-likeness (QED) is 0.637. The van der Waals surface area contributed by atoms with Crippen LogP contribution in [0.25, 0.3) is 0 Å². The van der Waals surface area contributed by atoms with Gasteiger partial charge >= 0.3 is 0 Å². The lowest BCUT2D eigenvalue weighted by molar-refractivity contribution is 0.0868. The van der Waals surface area contributed by atoms with Crippen molar-refractivity contribution < 1.29 is 4.79 Å². The summed E-state index contributed by atoms with van der Waals surface area (Å²) < 4.78 is 1.35. The minimum atomic E-state index is -0.543. The van der Waals surface area contributed by atoms with Crippen molar-refractivity contribution in [3.63, 3.8) is 0 Å². The summed E-state index contributed by atoms with van der Waals surface area (Å²) in [4.78, 5) is 33.4. The zero-order valence-corrected chi connectivity index (χ0v) is 13.8. The lowest BCUT2D eigenvalue weighted by Gasteiger charge is -2.38. The molecular weight excluding hydrogens is 322 g/mol. The number of aromatic nitrogens is 3. The summed E-state index contributed by atoms with van der Waals surface area (Å²) >= 11 is 0. The molecule has 0 aromatic carbocycles. The molecule has 2 aromatic heterocycles. The van der Waals surface area contributed by atoms with Crippen molar-refractivity contribution >= 4 is 23.2 Å². The molecule has 25 heavy (non-hydrogen) atoms. The van der Waals surface area contributed by atoms with Crippen LogP contribution in [-0.2, 0) is 0 Å². The summed E-state index contributed by atoms with van der Waals surface area (Å²) in [6.45, 7) is 1.79. The Morgan fingerprint density at radius 2 is 2.00 bits per heavy atom. The van der Waals surface area contributed by atoms with E-state index in [-0.39, 0.29) is 11.5 Å². The van der Waals surface area contributed by atoms with Crippen molar-refractivity contribution in [2.24, 2.45) is 0 Å². The summed E-state index contributed by atoms with van der Waals surface area (Å²) in [5, 5.41) is 5.99. The number of hydrogen-bond acceptors (Lipinski definition) is 7. The summed E-state index contributed by atoms with van der Waals surface area (Å²) in [7, 11) is 0. The Hall–Kier alpha value is -3.10. The highest BCUT2D eigenvalue weighted by Gasteiger charge is 2.41. The molecule has 9 heteroatoms. The Morgan fingerprint density at radius 3 is 2.72 bits per heavy atom. The molecule has 1 spiro atoms. The first-order valence-corrected chi connectivity index (χ1v) is 8.19. The van der Waals surface area contributed by atoms with E-state index in [9.17, 15) is 9.59 Å². The first-order valence-electron chi connectivity index (χ1n) is 8.19. The number of hydrogen-bond donors (Lipinski definition) is 4. The molecule has 0 saturated heterocycles. The van der Waals surface area contributed by atoms with E-state index in [0.717, 1.165) is 25.7 Å². The van der Waals surface area contributed by atoms with Gasteiger partial charge in [-0.05, 0) is 44.2 Å². The van der Waals surface area contributed by atoms with Crippen molar-refractivity contribution in [2.75, 3.05) is 16.5 Å². The molecule has 0 radical (unpaired) electrons. The molecule has 0 unspecified atom stereocenters. The molecule has 0 atom stereocenters. The van der Waals surface area contributed by atoms with Gasteiger partial charge in [-0.3, -0.25) is 15.0 Å². The molecule has 1 saturated carbocycles. The molecule has 3 heterocycles. The van der Waals surface area contributed by atoms with Crippen LogP contribution in [0.2, 0.25) is 0 Å². The number of anilines is 3. The monoisotopic (exact) mass is 341 g/mol. The third-order valence-corrected chi connectivity index (χ3v) is 4.69. The predicted molar refractivity (Wildman–Crippen MR) is 93.2 cm³/mol. The van der Waals surface area contributed by atoms with Crippen molar-refractivity contribution in [3.05, 3.63) is 40.1 Å². The van der Waals surface area contributed by atoms with Gasteiger partial charge in [0.05, 0.1) is 0 Å². The van der Waals surface area contributed by atoms with Gasteiger partial charge in [0.15, 0.2) is 0 Å². The Kier molecular flexibility index (Phi) is 3.38. The molecule has 1 fully saturated rings. The molecule has 1 amide bonds. The number of carbonyl (C=O) groups is 1. The summed E-state index contributed by atoms with van der Waals surface area (Å²) in [6, 6.07) is 3.18. The average Bonchev–Trinajstić information content (AvgIpc) is 2.99. The normalized spacial score (nSPS) is 17.7. The summed E-state index contributed by atoms with van der Waals surface area (Å²) in [5.41, 5.74) is 9.32. The summed E-state index contributed by atoms with van der Waals surface area (Å²) in [5.74, 6) is 0.489. The van der Waals surface area contributed by atoms with E-state index in [1.807, 2.05) is 0 Å². The predicted octanol–water partition coefficient (Wildman–Crippen LogP) is 0.830. The van der Waals surface area contributed by atoms with Gasteiger partial charge in [0.2, 0.25) is 0 Å². The molecule has 2 aliphatic rings. The van der Waals surface area contributed by atoms with Gasteiger partial charge in [0, 0.05) is 6.07 Å². The third-order valence-electron chi connectivity index (χ3n) is 4.69. The smallest absolute Gasteiger partial charge is 0.293 e. The van der Waals surface area contributed by atoms with Crippen LogP contribution < -0.4 is 27.4 Å². The zero-order valence-electron chi connectivity index (χ0n) is 13.8. The fourth-order valence-electron chi connectivity index (χ4n) is 3.53. The number of rotatable bonds is 2. The number of aryl methyl sites for hydroxylation is 1. The van der Waals surface area contributed by atoms with Crippen molar-refractivity contribution in [1.29, 1.82) is 0 Å². The fourth-order valence-corrected chi connectivity index (χ4v) is 3.53. The second-order valence-electron chi connectivity index (χ2n) is 6.54. The van der Waals surface area contributed by atoms with E-state index in [4.69, 9.17) is 5.73 Å². The first-order chi connectivity index (χ1) is 12.0. The van der Waals surface area contributed by atoms with Gasteiger partial charge in [-0.2, -0.15) is 0 Å². The van der Waals surface area contributed by atoms with Gasteiger partial charge in [-0.15, -0.1) is 0 Å². The first kappa shape index (κ1) is 15.4. The molecule has 9 nitrogen and oxygen atoms in total. The fraction of sp³-hybridized carbons (Fsp3) is 0.375. The van der Waals surface area contributed by atoms with Crippen LogP contribution in [-0.4, -0.2) is 26.2 Å². The van der Waals surface area contributed by atoms with Crippen LogP contribution in [0.15, 0.2) is 23.3 Å². The molecule has 1 aliphatic carbocycles. The maximum Gasteiger partial charge on any atom is 0.293 e. The number of amides is 1. The van der Waals surface area contributed by atoms with Gasteiger partial charge in [-0.25, -0.2) is 14.6 Å². The van der Waals surface area contributed by atoms with Crippen molar-refractivity contribution in [3.8, 4) is 0 Å². The lowest BCUT2D eigenvalue weighted by atomic mass is 10.1. The Labute approximate surface area is 143 Å². The van der Waals surface area contributed by atoms with E-state index < -0.39 is 5.66 Å². The van der Waals surface area contributed by atoms with Crippen LogP contribution in [0.3, 0.4) is 0 Å². The maximum atomic E-state index is 12.9. The summed E-state index contributed by atoms with van der Waals surface area (Å²) in [6.07, 6.45) is 4.93. The molecule has 2 aromatic rings. The molecule has 0 bridgehead atoms. The van der Waals surface area contributed by atoms with Crippen LogP contribution in [0, 0.1) is 6.92 Å². The number of fused-ring (bicyclic) bond motifs is 1. The molecule has 130 valence electrons. The Bertz CT molecular complexity index is 915. The standard InChI is InChI=1S/C16H19N7O2/c1-9-6-10(20-12-7-11(17)18-8-19-12)15(25)23-13(9)14(24)21-16(22-23)4-2-3-5-16/h6-8,22H,2-5H2,1H3,(H,21,24)(H3,17,18,19,20). The van der Waals surface area contributed by atoms with Gasteiger partial charge in [0.1, 0.15) is 35.0 Å². The minimum absolute atomic E-state index is 0.229. The van der Waals surface area contributed by atoms with Crippen molar-refractivity contribution in [2.45, 2.75) is 38.3 Å². The van der Waals surface area contributed by atoms with E-state index in [1.54, 1.807) is 13.0 Å². The van der Waals surface area contributed by atoms with E-state index in [0.29, 0.717) is 28.6 Å². The van der Waals surface area contributed by atoms with E-state index >= 15 is 0 Å². The van der Waals surface area contributed by atoms with Gasteiger partial charge < -0.3 is 16.4 Å². The highest BCUT2D eigenvalue weighted by atomic mass is 16.2. The maximum absolute atomic E-state index is 12.9. The second kappa shape index (κ2) is 5.47. The van der Waals surface area contributed by atoms with E-state index in [1.165, 1.54) is 17.1 Å². The topological polar surface area (TPSA) is 127 Å². The van der Waals surface area contributed by atoms with Crippen molar-refractivity contribution in [1.82, 2.24) is 20.0 Å². The molecule has 1 aliphatic heterocycles. The largest absolute Gasteiger partial charge is 0.384 e. The SMILES string of the molecule is Cc1cc(Nc2cc(N)ncn2)c(=O)n2c1C(=O)NC1(CCCC1)N2. The number of nitrogen functional groups attached to an aromatic ring is 1. The number of nitrogens with zero attached hydrogens (tertiary/aromatic N) is 3. The van der Waals surface area contributed by atoms with Crippen LogP contribution in [0.4, 0.5) is 17.3 Å². The highest BCUT2D eigenvalue weighted by molar-refractivity contribution is 5.96. The van der Waals surface area contributed by atoms with Crippen LogP contribution >= 0.6 is 0 Å². The Balaban J connectivity index is 1.78. The van der Waals surface area contributed by atoms with Gasteiger partial charge in [-0.1, -0.05) is 0 Å². The van der Waals surface area contributed by atoms with Crippen LogP contribution in [0.5, 0.6) is 0 Å².